The van der Waals surface area contributed by atoms with Crippen LogP contribution in [0.2, 0.25) is 0 Å². The van der Waals surface area contributed by atoms with Gasteiger partial charge in [0.1, 0.15) is 6.61 Å². The Bertz CT molecular complexity index is 756. The number of hydrogen-bond donors (Lipinski definition) is 0. The summed E-state index contributed by atoms with van der Waals surface area (Å²) in [5.74, 6) is 1.02. The van der Waals surface area contributed by atoms with Crippen molar-refractivity contribution in [3.8, 4) is 0 Å². The number of aromatic nitrogens is 4. The summed E-state index contributed by atoms with van der Waals surface area (Å²) >= 11 is 0. The van der Waals surface area contributed by atoms with Crippen LogP contribution in [0, 0.1) is 0 Å². The predicted octanol–water partition coefficient (Wildman–Crippen LogP) is 0.801. The zero-order valence-electron chi connectivity index (χ0n) is 14.8. The Morgan fingerprint density at radius 2 is 2.27 bits per heavy atom. The van der Waals surface area contributed by atoms with Gasteiger partial charge in [0.25, 0.3) is 0 Å². The number of ether oxygens (including phenoxy) is 2. The van der Waals surface area contributed by atoms with Gasteiger partial charge in [0, 0.05) is 26.6 Å². The molecule has 0 bridgehead atoms. The first-order valence-corrected chi connectivity index (χ1v) is 8.34. The van der Waals surface area contributed by atoms with Gasteiger partial charge in [-0.3, -0.25) is 4.79 Å². The molecule has 1 fully saturated rings. The molecule has 10 nitrogen and oxygen atoms in total. The first kappa shape index (κ1) is 18.2. The van der Waals surface area contributed by atoms with Crippen molar-refractivity contribution in [3.05, 3.63) is 35.6 Å². The zero-order valence-corrected chi connectivity index (χ0v) is 14.8. The summed E-state index contributed by atoms with van der Waals surface area (Å²) < 4.78 is 21.2. The zero-order chi connectivity index (χ0) is 18.4. The lowest BCUT2D eigenvalue weighted by Crippen LogP contribution is -2.46. The Morgan fingerprint density at radius 1 is 1.38 bits per heavy atom. The largest absolute Gasteiger partial charge is 0.417 e. The van der Waals surface area contributed by atoms with Crippen molar-refractivity contribution in [1.29, 1.82) is 0 Å². The van der Waals surface area contributed by atoms with E-state index in [9.17, 15) is 4.79 Å². The maximum atomic E-state index is 12.6. The molecule has 3 heterocycles. The van der Waals surface area contributed by atoms with E-state index in [1.54, 1.807) is 12.0 Å². The van der Waals surface area contributed by atoms with Gasteiger partial charge in [-0.2, -0.15) is 4.98 Å². The maximum absolute atomic E-state index is 12.6. The summed E-state index contributed by atoms with van der Waals surface area (Å²) in [6.07, 6.45) is 4.44. The van der Waals surface area contributed by atoms with Gasteiger partial charge in [-0.15, -0.1) is 10.2 Å². The van der Waals surface area contributed by atoms with E-state index in [1.807, 2.05) is 19.1 Å². The van der Waals surface area contributed by atoms with Crippen LogP contribution >= 0.6 is 0 Å². The highest BCUT2D eigenvalue weighted by Crippen LogP contribution is 2.14. The van der Waals surface area contributed by atoms with E-state index in [0.717, 1.165) is 0 Å². The molecular formula is C16H21N5O5. The van der Waals surface area contributed by atoms with E-state index in [0.29, 0.717) is 50.1 Å². The van der Waals surface area contributed by atoms with Crippen molar-refractivity contribution in [2.75, 3.05) is 26.8 Å². The standard InChI is InChI=1S/C16H21N5O5/c1-3-4-5-13-18-19-15(25-13)16(22)21-6-7-24-11(9-21)8-14-17-12(10-23-2)20-26-14/h3-4,11H,5-10H2,1-2H3. The minimum atomic E-state index is -0.303. The Labute approximate surface area is 150 Å². The van der Waals surface area contributed by atoms with Crippen molar-refractivity contribution in [2.45, 2.75) is 32.5 Å². The molecule has 0 aromatic carbocycles. The van der Waals surface area contributed by atoms with E-state index in [1.165, 1.54) is 0 Å². The Hall–Kier alpha value is -2.59. The first-order valence-electron chi connectivity index (χ1n) is 8.34. The number of methoxy groups -OCH3 is 1. The van der Waals surface area contributed by atoms with Crippen LogP contribution in [0.3, 0.4) is 0 Å². The van der Waals surface area contributed by atoms with Crippen LogP contribution in [-0.2, 0) is 28.9 Å². The number of carbonyl (C=O) groups is 1. The second-order valence-corrected chi connectivity index (χ2v) is 5.76. The molecule has 3 rings (SSSR count). The third-order valence-electron chi connectivity index (χ3n) is 3.79. The molecule has 0 radical (unpaired) electrons. The number of carbonyl (C=O) groups excluding carboxylic acids is 1. The summed E-state index contributed by atoms with van der Waals surface area (Å²) in [6, 6.07) is 0. The van der Waals surface area contributed by atoms with E-state index < -0.39 is 0 Å². The van der Waals surface area contributed by atoms with Crippen LogP contribution in [0.25, 0.3) is 0 Å². The molecule has 1 unspecified atom stereocenters. The SMILES string of the molecule is CC=CCc1nnc(C(=O)N2CCOC(Cc3nc(COC)no3)C2)o1. The van der Waals surface area contributed by atoms with Gasteiger partial charge in [0.2, 0.25) is 11.8 Å². The molecule has 0 aliphatic carbocycles. The van der Waals surface area contributed by atoms with E-state index in [2.05, 4.69) is 20.3 Å². The molecule has 1 aliphatic rings. The molecule has 0 N–H and O–H groups in total. The first-order chi connectivity index (χ1) is 12.7. The summed E-state index contributed by atoms with van der Waals surface area (Å²) in [7, 11) is 1.56. The predicted molar refractivity (Wildman–Crippen MR) is 87.2 cm³/mol. The van der Waals surface area contributed by atoms with Gasteiger partial charge < -0.3 is 23.3 Å². The third-order valence-corrected chi connectivity index (χ3v) is 3.79. The molecule has 1 atom stereocenters. The minimum Gasteiger partial charge on any atom is -0.417 e. The van der Waals surface area contributed by atoms with Gasteiger partial charge in [-0.05, 0) is 6.92 Å². The molecule has 1 saturated heterocycles. The number of morpholine rings is 1. The van der Waals surface area contributed by atoms with E-state index >= 15 is 0 Å². The lowest BCUT2D eigenvalue weighted by molar-refractivity contribution is -0.0249. The van der Waals surface area contributed by atoms with Crippen molar-refractivity contribution < 1.29 is 23.2 Å². The minimum absolute atomic E-state index is 0.00896. The molecule has 0 spiro atoms. The fraction of sp³-hybridized carbons (Fsp3) is 0.562. The third kappa shape index (κ3) is 4.52. The van der Waals surface area contributed by atoms with Crippen LogP contribution in [0.4, 0.5) is 0 Å². The van der Waals surface area contributed by atoms with Gasteiger partial charge >= 0.3 is 11.8 Å². The maximum Gasteiger partial charge on any atom is 0.311 e. The summed E-state index contributed by atoms with van der Waals surface area (Å²) in [4.78, 5) is 18.4. The van der Waals surface area contributed by atoms with Gasteiger partial charge in [0.15, 0.2) is 5.82 Å². The van der Waals surface area contributed by atoms with Crippen molar-refractivity contribution in [2.24, 2.45) is 0 Å². The Balaban J connectivity index is 1.58. The molecule has 1 amide bonds. The van der Waals surface area contributed by atoms with Crippen LogP contribution in [-0.4, -0.2) is 64.1 Å². The molecule has 2 aromatic rings. The molecule has 10 heteroatoms. The van der Waals surface area contributed by atoms with Crippen LogP contribution in [0.5, 0.6) is 0 Å². The average Bonchev–Trinajstić information content (AvgIpc) is 3.29. The van der Waals surface area contributed by atoms with Crippen LogP contribution in [0.15, 0.2) is 21.1 Å². The number of amides is 1. The van der Waals surface area contributed by atoms with Gasteiger partial charge in [-0.25, -0.2) is 0 Å². The summed E-state index contributed by atoms with van der Waals surface area (Å²) in [5, 5.41) is 11.5. The second kappa shape index (κ2) is 8.68. The number of nitrogens with zero attached hydrogens (tertiary/aromatic N) is 5. The van der Waals surface area contributed by atoms with Gasteiger partial charge in [-0.1, -0.05) is 17.3 Å². The average molecular weight is 363 g/mol. The number of rotatable bonds is 7. The molecule has 140 valence electrons. The van der Waals surface area contributed by atoms with E-state index in [-0.39, 0.29) is 24.5 Å². The smallest absolute Gasteiger partial charge is 0.311 e. The fourth-order valence-electron chi connectivity index (χ4n) is 2.56. The van der Waals surface area contributed by atoms with Crippen LogP contribution < -0.4 is 0 Å². The molecule has 26 heavy (non-hydrogen) atoms. The summed E-state index contributed by atoms with van der Waals surface area (Å²) in [6.45, 7) is 3.44. The highest BCUT2D eigenvalue weighted by Gasteiger charge is 2.29. The Kier molecular flexibility index (Phi) is 6.08. The quantitative estimate of drug-likeness (QED) is 0.658. The van der Waals surface area contributed by atoms with Crippen molar-refractivity contribution in [1.82, 2.24) is 25.2 Å². The summed E-state index contributed by atoms with van der Waals surface area (Å²) in [5.41, 5.74) is 0. The number of allylic oxidation sites excluding steroid dienone is 2. The molecule has 2 aromatic heterocycles. The van der Waals surface area contributed by atoms with Crippen molar-refractivity contribution in [3.63, 3.8) is 0 Å². The lowest BCUT2D eigenvalue weighted by Gasteiger charge is -2.31. The molecule has 0 saturated carbocycles. The van der Waals surface area contributed by atoms with E-state index in [4.69, 9.17) is 18.4 Å². The highest BCUT2D eigenvalue weighted by molar-refractivity contribution is 5.89. The monoisotopic (exact) mass is 363 g/mol. The van der Waals surface area contributed by atoms with Gasteiger partial charge in [0.05, 0.1) is 19.1 Å². The molecule has 1 aliphatic heterocycles. The highest BCUT2D eigenvalue weighted by atomic mass is 16.5. The second-order valence-electron chi connectivity index (χ2n) is 5.76. The van der Waals surface area contributed by atoms with Crippen molar-refractivity contribution >= 4 is 5.91 Å². The number of hydrogen-bond acceptors (Lipinski definition) is 9. The molecular weight excluding hydrogens is 342 g/mol. The fourth-order valence-corrected chi connectivity index (χ4v) is 2.56. The van der Waals surface area contributed by atoms with Crippen LogP contribution in [0.1, 0.15) is 35.2 Å². The topological polar surface area (TPSA) is 117 Å². The normalized spacial score (nSPS) is 17.9. The Morgan fingerprint density at radius 3 is 3.08 bits per heavy atom. The lowest BCUT2D eigenvalue weighted by atomic mass is 10.2.